The third-order valence-electron chi connectivity index (χ3n) is 2.34. The van der Waals surface area contributed by atoms with Gasteiger partial charge in [0.25, 0.3) is 0 Å². The van der Waals surface area contributed by atoms with Gasteiger partial charge in [0, 0.05) is 6.04 Å². The van der Waals surface area contributed by atoms with E-state index in [0.717, 1.165) is 0 Å². The molecule has 0 amide bonds. The maximum Gasteiger partial charge on any atom is 0.390 e. The van der Waals surface area contributed by atoms with Crippen molar-refractivity contribution in [1.82, 2.24) is 5.32 Å². The zero-order valence-corrected chi connectivity index (χ0v) is 9.52. The molecule has 1 N–H and O–H groups in total. The fourth-order valence-electron chi connectivity index (χ4n) is 1.73. The van der Waals surface area contributed by atoms with E-state index in [1.54, 1.807) is 13.0 Å². The highest BCUT2D eigenvalue weighted by Gasteiger charge is 2.31. The highest BCUT2D eigenvalue weighted by molar-refractivity contribution is 5.17. The molecule has 0 fully saturated rings. The van der Waals surface area contributed by atoms with Crippen molar-refractivity contribution in [2.45, 2.75) is 32.0 Å². The molecule has 1 unspecified atom stereocenters. The molecule has 96 valence electrons. The topological polar surface area (TPSA) is 12.0 Å². The van der Waals surface area contributed by atoms with Crippen LogP contribution in [0.25, 0.3) is 0 Å². The van der Waals surface area contributed by atoms with Crippen molar-refractivity contribution < 1.29 is 17.6 Å². The van der Waals surface area contributed by atoms with Crippen molar-refractivity contribution in [2.24, 2.45) is 0 Å². The van der Waals surface area contributed by atoms with Crippen molar-refractivity contribution in [1.29, 1.82) is 0 Å². The lowest BCUT2D eigenvalue weighted by Gasteiger charge is -2.19. The average molecular weight is 249 g/mol. The molecule has 0 aliphatic carbocycles. The van der Waals surface area contributed by atoms with Gasteiger partial charge in [0.15, 0.2) is 0 Å². The summed E-state index contributed by atoms with van der Waals surface area (Å²) in [6.45, 7) is 2.20. The van der Waals surface area contributed by atoms with Gasteiger partial charge in [-0.3, -0.25) is 0 Å². The molecule has 1 rings (SSSR count). The van der Waals surface area contributed by atoms with Crippen LogP contribution in [-0.4, -0.2) is 18.8 Å². The quantitative estimate of drug-likeness (QED) is 0.789. The second kappa shape index (κ2) is 6.00. The lowest BCUT2D eigenvalue weighted by Crippen LogP contribution is -2.35. The average Bonchev–Trinajstić information content (AvgIpc) is 2.15. The minimum Gasteiger partial charge on any atom is -0.314 e. The van der Waals surface area contributed by atoms with Crippen LogP contribution in [0.2, 0.25) is 0 Å². The zero-order chi connectivity index (χ0) is 12.9. The van der Waals surface area contributed by atoms with Crippen molar-refractivity contribution in [2.75, 3.05) is 6.54 Å². The molecule has 0 bridgehead atoms. The van der Waals surface area contributed by atoms with Crippen LogP contribution in [0.5, 0.6) is 0 Å². The largest absolute Gasteiger partial charge is 0.390 e. The Kier molecular flexibility index (Phi) is 4.93. The van der Waals surface area contributed by atoms with Crippen molar-refractivity contribution in [3.8, 4) is 0 Å². The van der Waals surface area contributed by atoms with E-state index in [1.807, 2.05) is 0 Å². The van der Waals surface area contributed by atoms with Crippen LogP contribution < -0.4 is 5.32 Å². The summed E-state index contributed by atoms with van der Waals surface area (Å²) in [6.07, 6.45) is -4.94. The Labute approximate surface area is 97.8 Å². The lowest BCUT2D eigenvalue weighted by atomic mass is 10.0. The third kappa shape index (κ3) is 5.68. The van der Waals surface area contributed by atoms with Gasteiger partial charge in [-0.1, -0.05) is 19.1 Å². The van der Waals surface area contributed by atoms with Gasteiger partial charge in [-0.05, 0) is 30.7 Å². The Bertz CT molecular complexity index is 349. The van der Waals surface area contributed by atoms with E-state index in [1.165, 1.54) is 18.2 Å². The van der Waals surface area contributed by atoms with Gasteiger partial charge in [0.2, 0.25) is 0 Å². The molecule has 1 aromatic carbocycles. The molecule has 0 heterocycles. The minimum absolute atomic E-state index is 0.172. The Morgan fingerprint density at radius 2 is 2.00 bits per heavy atom. The van der Waals surface area contributed by atoms with E-state index in [-0.39, 0.29) is 6.42 Å². The van der Waals surface area contributed by atoms with Crippen LogP contribution in [0.15, 0.2) is 24.3 Å². The zero-order valence-electron chi connectivity index (χ0n) is 9.52. The summed E-state index contributed by atoms with van der Waals surface area (Å²) in [4.78, 5) is 0. The fraction of sp³-hybridized carbons (Fsp3) is 0.500. The molecular weight excluding hydrogens is 234 g/mol. The number of alkyl halides is 3. The second-order valence-corrected chi connectivity index (χ2v) is 3.91. The molecule has 0 spiro atoms. The van der Waals surface area contributed by atoms with Crippen LogP contribution in [0.4, 0.5) is 17.6 Å². The van der Waals surface area contributed by atoms with E-state index in [0.29, 0.717) is 12.1 Å². The maximum atomic E-state index is 12.9. The summed E-state index contributed by atoms with van der Waals surface area (Å²) in [7, 11) is 0. The molecule has 1 nitrogen and oxygen atoms in total. The van der Waals surface area contributed by atoms with Gasteiger partial charge < -0.3 is 5.32 Å². The number of rotatable bonds is 5. The van der Waals surface area contributed by atoms with Gasteiger partial charge in [0.05, 0.1) is 6.42 Å². The Morgan fingerprint density at radius 1 is 1.29 bits per heavy atom. The van der Waals surface area contributed by atoms with Gasteiger partial charge in [-0.25, -0.2) is 4.39 Å². The first-order valence-corrected chi connectivity index (χ1v) is 5.45. The monoisotopic (exact) mass is 249 g/mol. The standard InChI is InChI=1S/C12H15F4N/c1-2-17-11(8-12(14,15)16)7-9-4-3-5-10(13)6-9/h3-6,11,17H,2,7-8H2,1H3. The number of benzene rings is 1. The summed E-state index contributed by atoms with van der Waals surface area (Å²) < 4.78 is 49.8. The van der Waals surface area contributed by atoms with Gasteiger partial charge >= 0.3 is 6.18 Å². The number of hydrogen-bond donors (Lipinski definition) is 1. The van der Waals surface area contributed by atoms with Gasteiger partial charge in [0.1, 0.15) is 5.82 Å². The molecule has 0 saturated heterocycles. The predicted octanol–water partition coefficient (Wildman–Crippen LogP) is 3.30. The first kappa shape index (κ1) is 14.0. The van der Waals surface area contributed by atoms with E-state index >= 15 is 0 Å². The molecular formula is C12H15F4N. The molecule has 0 aromatic heterocycles. The van der Waals surface area contributed by atoms with Crippen molar-refractivity contribution in [3.63, 3.8) is 0 Å². The first-order valence-electron chi connectivity index (χ1n) is 5.45. The summed E-state index contributed by atoms with van der Waals surface area (Å²) in [6, 6.07) is 4.96. The van der Waals surface area contributed by atoms with Crippen molar-refractivity contribution in [3.05, 3.63) is 35.6 Å². The highest BCUT2D eigenvalue weighted by Crippen LogP contribution is 2.23. The molecule has 17 heavy (non-hydrogen) atoms. The number of likely N-dealkylation sites (N-methyl/N-ethyl adjacent to an activating group) is 1. The number of nitrogens with one attached hydrogen (secondary N) is 1. The predicted molar refractivity (Wildman–Crippen MR) is 58.2 cm³/mol. The molecule has 0 saturated carbocycles. The molecule has 0 radical (unpaired) electrons. The third-order valence-corrected chi connectivity index (χ3v) is 2.34. The normalized spacial score (nSPS) is 13.7. The van der Waals surface area contributed by atoms with Crippen LogP contribution >= 0.6 is 0 Å². The van der Waals surface area contributed by atoms with E-state index in [2.05, 4.69) is 5.32 Å². The number of hydrogen-bond acceptors (Lipinski definition) is 1. The summed E-state index contributed by atoms with van der Waals surface area (Å²) in [5.74, 6) is -0.426. The SMILES string of the molecule is CCNC(Cc1cccc(F)c1)CC(F)(F)F. The van der Waals surface area contributed by atoms with E-state index in [4.69, 9.17) is 0 Å². The molecule has 1 atom stereocenters. The fourth-order valence-corrected chi connectivity index (χ4v) is 1.73. The summed E-state index contributed by atoms with van der Waals surface area (Å²) in [5, 5.41) is 2.76. The molecule has 1 aromatic rings. The first-order chi connectivity index (χ1) is 7.90. The Morgan fingerprint density at radius 3 is 2.53 bits per heavy atom. The van der Waals surface area contributed by atoms with E-state index in [9.17, 15) is 17.6 Å². The summed E-state index contributed by atoms with van der Waals surface area (Å²) >= 11 is 0. The second-order valence-electron chi connectivity index (χ2n) is 3.91. The van der Waals surface area contributed by atoms with E-state index < -0.39 is 24.5 Å². The highest BCUT2D eigenvalue weighted by atomic mass is 19.4. The number of halogens is 4. The lowest BCUT2D eigenvalue weighted by molar-refractivity contribution is -0.139. The maximum absolute atomic E-state index is 12.9. The minimum atomic E-state index is -4.21. The Hall–Kier alpha value is -1.10. The van der Waals surface area contributed by atoms with Crippen LogP contribution in [0, 0.1) is 5.82 Å². The van der Waals surface area contributed by atoms with Crippen LogP contribution in [0.3, 0.4) is 0 Å². The van der Waals surface area contributed by atoms with Crippen molar-refractivity contribution >= 4 is 0 Å². The smallest absolute Gasteiger partial charge is 0.314 e. The summed E-state index contributed by atoms with van der Waals surface area (Å²) in [5.41, 5.74) is 0.570. The van der Waals surface area contributed by atoms with Gasteiger partial charge in [-0.15, -0.1) is 0 Å². The Balaban J connectivity index is 2.66. The molecule has 0 aliphatic heterocycles. The molecule has 5 heteroatoms. The van der Waals surface area contributed by atoms with Crippen LogP contribution in [-0.2, 0) is 6.42 Å². The van der Waals surface area contributed by atoms with Gasteiger partial charge in [-0.2, -0.15) is 13.2 Å². The molecule has 0 aliphatic rings. The van der Waals surface area contributed by atoms with Crippen LogP contribution in [0.1, 0.15) is 18.9 Å².